The van der Waals surface area contributed by atoms with Crippen molar-refractivity contribution in [1.82, 2.24) is 20.4 Å². The summed E-state index contributed by atoms with van der Waals surface area (Å²) < 4.78 is 10.6. The molecule has 154 valence electrons. The maximum atomic E-state index is 12.7. The second-order valence-electron chi connectivity index (χ2n) is 7.38. The summed E-state index contributed by atoms with van der Waals surface area (Å²) in [7, 11) is 0. The quantitative estimate of drug-likeness (QED) is 0.657. The van der Waals surface area contributed by atoms with E-state index in [1.807, 2.05) is 13.8 Å². The van der Waals surface area contributed by atoms with Gasteiger partial charge in [0, 0.05) is 24.0 Å². The highest BCUT2D eigenvalue weighted by Gasteiger charge is 2.34. The van der Waals surface area contributed by atoms with Crippen LogP contribution >= 0.6 is 11.3 Å². The number of nitrogens with two attached hydrogens (primary N) is 1. The molecule has 3 N–H and O–H groups in total. The Morgan fingerprint density at radius 3 is 2.77 bits per heavy atom. The van der Waals surface area contributed by atoms with Gasteiger partial charge < -0.3 is 25.4 Å². The number of carbonyl (C=O) groups excluding carboxylic acids is 2. The fourth-order valence-electron chi connectivity index (χ4n) is 3.61. The smallest absolute Gasteiger partial charge is 0.263 e. The maximum absolute atomic E-state index is 12.7. The minimum atomic E-state index is -0.257. The molecule has 0 radical (unpaired) electrons. The number of likely N-dealkylation sites (tertiary alicyclic amines) is 1. The van der Waals surface area contributed by atoms with Gasteiger partial charge in [0.15, 0.2) is 11.5 Å². The number of thiophene rings is 1. The number of fused-ring (bicyclic) bond motifs is 2. The van der Waals surface area contributed by atoms with Gasteiger partial charge in [-0.05, 0) is 37.6 Å². The zero-order chi connectivity index (χ0) is 21.0. The van der Waals surface area contributed by atoms with Crippen molar-refractivity contribution in [2.75, 3.05) is 25.6 Å². The van der Waals surface area contributed by atoms with Gasteiger partial charge in [0.25, 0.3) is 11.8 Å². The first-order chi connectivity index (χ1) is 14.4. The fraction of sp³-hybridized carbons (Fsp3) is 0.300. The van der Waals surface area contributed by atoms with Gasteiger partial charge in [0.1, 0.15) is 9.71 Å². The number of nitrogens with one attached hydrogen (secondary N) is 1. The van der Waals surface area contributed by atoms with Crippen molar-refractivity contribution in [2.45, 2.75) is 19.9 Å². The summed E-state index contributed by atoms with van der Waals surface area (Å²) in [6.07, 6.45) is 0. The molecule has 0 aliphatic carbocycles. The topological polar surface area (TPSA) is 120 Å². The first-order valence-electron chi connectivity index (χ1n) is 9.44. The normalized spacial score (nSPS) is 15.3. The standard InChI is InChI=1S/C20H19N5O4S/c1-9-10(2)23-24-19-15(9)16(21)17(30-19)18(26)22-12-6-25(7-12)20(27)11-3-4-13-14(5-11)29-8-28-13/h3-5,12H,6-8,21H2,1-2H3,(H,22,26). The van der Waals surface area contributed by atoms with Gasteiger partial charge in [-0.3, -0.25) is 9.59 Å². The molecule has 2 aliphatic rings. The van der Waals surface area contributed by atoms with Crippen LogP contribution in [0.1, 0.15) is 31.3 Å². The Bertz CT molecular complexity index is 1200. The summed E-state index contributed by atoms with van der Waals surface area (Å²) in [6, 6.07) is 4.99. The molecular formula is C20H19N5O4S. The minimum Gasteiger partial charge on any atom is -0.454 e. The minimum absolute atomic E-state index is 0.110. The van der Waals surface area contributed by atoms with Crippen molar-refractivity contribution in [2.24, 2.45) is 0 Å². The Kier molecular flexibility index (Phi) is 4.24. The van der Waals surface area contributed by atoms with E-state index in [0.29, 0.717) is 45.5 Å². The van der Waals surface area contributed by atoms with Gasteiger partial charge in [0.2, 0.25) is 6.79 Å². The molecule has 5 rings (SSSR count). The van der Waals surface area contributed by atoms with Crippen molar-refractivity contribution >= 4 is 39.1 Å². The molecule has 2 amide bonds. The van der Waals surface area contributed by atoms with E-state index in [0.717, 1.165) is 16.6 Å². The number of hydrogen-bond acceptors (Lipinski definition) is 8. The lowest BCUT2D eigenvalue weighted by molar-refractivity contribution is 0.0543. The molecule has 0 bridgehead atoms. The van der Waals surface area contributed by atoms with Crippen LogP contribution < -0.4 is 20.5 Å². The third-order valence-electron chi connectivity index (χ3n) is 5.46. The fourth-order valence-corrected chi connectivity index (χ4v) is 4.61. The molecule has 0 saturated carbocycles. The molecule has 0 unspecified atom stereocenters. The number of rotatable bonds is 3. The van der Waals surface area contributed by atoms with E-state index in [4.69, 9.17) is 15.2 Å². The highest BCUT2D eigenvalue weighted by atomic mass is 32.1. The Hall–Kier alpha value is -3.40. The number of ether oxygens (including phenoxy) is 2. The highest BCUT2D eigenvalue weighted by molar-refractivity contribution is 7.21. The number of benzene rings is 1. The molecule has 1 fully saturated rings. The summed E-state index contributed by atoms with van der Waals surface area (Å²) in [5.41, 5.74) is 8.91. The molecule has 9 nitrogen and oxygen atoms in total. The van der Waals surface area contributed by atoms with Crippen molar-refractivity contribution < 1.29 is 19.1 Å². The first kappa shape index (κ1) is 18.6. The highest BCUT2D eigenvalue weighted by Crippen LogP contribution is 2.35. The Labute approximate surface area is 175 Å². The van der Waals surface area contributed by atoms with E-state index >= 15 is 0 Å². The number of carbonyl (C=O) groups is 2. The van der Waals surface area contributed by atoms with E-state index in [1.165, 1.54) is 11.3 Å². The molecule has 0 atom stereocenters. The summed E-state index contributed by atoms with van der Waals surface area (Å²) >= 11 is 1.23. The average Bonchev–Trinajstić information content (AvgIpc) is 3.30. The summed E-state index contributed by atoms with van der Waals surface area (Å²) in [5, 5.41) is 12.0. The molecule has 0 spiro atoms. The zero-order valence-corrected chi connectivity index (χ0v) is 17.2. The molecule has 2 aliphatic heterocycles. The van der Waals surface area contributed by atoms with Gasteiger partial charge in [0.05, 0.1) is 17.4 Å². The second kappa shape index (κ2) is 6.84. The number of nitrogens with zero attached hydrogens (tertiary/aromatic N) is 3. The number of hydrogen-bond donors (Lipinski definition) is 2. The van der Waals surface area contributed by atoms with E-state index in [2.05, 4.69) is 15.5 Å². The van der Waals surface area contributed by atoms with Gasteiger partial charge in [-0.2, -0.15) is 5.10 Å². The number of anilines is 1. The second-order valence-corrected chi connectivity index (χ2v) is 8.38. The molecular weight excluding hydrogens is 406 g/mol. The van der Waals surface area contributed by atoms with Gasteiger partial charge in [-0.15, -0.1) is 16.4 Å². The van der Waals surface area contributed by atoms with Crippen molar-refractivity contribution in [3.8, 4) is 11.5 Å². The van der Waals surface area contributed by atoms with E-state index in [1.54, 1.807) is 23.1 Å². The van der Waals surface area contributed by atoms with Crippen LogP contribution in [0.25, 0.3) is 10.2 Å². The van der Waals surface area contributed by atoms with Gasteiger partial charge in [-0.1, -0.05) is 0 Å². The molecule has 30 heavy (non-hydrogen) atoms. The molecule has 4 heterocycles. The van der Waals surface area contributed by atoms with Crippen LogP contribution in [-0.4, -0.2) is 52.8 Å². The molecule has 1 aromatic carbocycles. The van der Waals surface area contributed by atoms with Crippen LogP contribution in [0.2, 0.25) is 0 Å². The van der Waals surface area contributed by atoms with Crippen molar-refractivity contribution in [3.63, 3.8) is 0 Å². The van der Waals surface area contributed by atoms with Crippen LogP contribution in [0.3, 0.4) is 0 Å². The number of nitrogen functional groups attached to an aromatic ring is 1. The monoisotopic (exact) mass is 425 g/mol. The molecule has 2 aromatic heterocycles. The number of aromatic nitrogens is 2. The van der Waals surface area contributed by atoms with Crippen LogP contribution in [0.4, 0.5) is 5.69 Å². The Morgan fingerprint density at radius 2 is 1.97 bits per heavy atom. The summed E-state index contributed by atoms with van der Waals surface area (Å²) in [5.74, 6) is 0.839. The van der Waals surface area contributed by atoms with Gasteiger partial charge in [-0.25, -0.2) is 0 Å². The van der Waals surface area contributed by atoms with Gasteiger partial charge >= 0.3 is 0 Å². The SMILES string of the molecule is Cc1nnc2sc(C(=O)NC3CN(C(=O)c4ccc5c(c4)OCO5)C3)c(N)c2c1C. The third-order valence-corrected chi connectivity index (χ3v) is 6.55. The van der Waals surface area contributed by atoms with Crippen LogP contribution in [0.15, 0.2) is 18.2 Å². The summed E-state index contributed by atoms with van der Waals surface area (Å²) in [4.78, 5) is 28.1. The maximum Gasteiger partial charge on any atom is 0.263 e. The Morgan fingerprint density at radius 1 is 1.20 bits per heavy atom. The lowest BCUT2D eigenvalue weighted by Gasteiger charge is -2.39. The number of aryl methyl sites for hydroxylation is 2. The van der Waals surface area contributed by atoms with Crippen LogP contribution in [-0.2, 0) is 0 Å². The van der Waals surface area contributed by atoms with Crippen LogP contribution in [0, 0.1) is 13.8 Å². The lowest BCUT2D eigenvalue weighted by atomic mass is 10.1. The molecule has 3 aromatic rings. The molecule has 10 heteroatoms. The zero-order valence-electron chi connectivity index (χ0n) is 16.4. The third kappa shape index (κ3) is 2.91. The van der Waals surface area contributed by atoms with Crippen molar-refractivity contribution in [1.29, 1.82) is 0 Å². The predicted molar refractivity (Wildman–Crippen MR) is 111 cm³/mol. The molecule has 1 saturated heterocycles. The van der Waals surface area contributed by atoms with Crippen molar-refractivity contribution in [3.05, 3.63) is 39.9 Å². The number of amides is 2. The van der Waals surface area contributed by atoms with E-state index in [-0.39, 0.29) is 24.6 Å². The van der Waals surface area contributed by atoms with Crippen LogP contribution in [0.5, 0.6) is 11.5 Å². The average molecular weight is 425 g/mol. The first-order valence-corrected chi connectivity index (χ1v) is 10.3. The van der Waals surface area contributed by atoms with E-state index < -0.39 is 0 Å². The summed E-state index contributed by atoms with van der Waals surface area (Å²) in [6.45, 7) is 4.81. The largest absolute Gasteiger partial charge is 0.454 e. The van der Waals surface area contributed by atoms with E-state index in [9.17, 15) is 9.59 Å². The Balaban J connectivity index is 1.25. The lowest BCUT2D eigenvalue weighted by Crippen LogP contribution is -2.60. The predicted octanol–water partition coefficient (Wildman–Crippen LogP) is 1.87.